The number of nitrogens with zero attached hydrogens (tertiary/aromatic N) is 2. The SMILES string of the molecule is CN1CC[C@@H](CC(=O)Cc2ccc(Cl)s2)C[C@@H]1c1nc2ccccc2[nH]1. The number of likely N-dealkylation sites (tertiary alicyclic amines) is 1. The number of hydrogen-bond donors (Lipinski definition) is 1. The maximum atomic E-state index is 12.5. The Morgan fingerprint density at radius 3 is 2.96 bits per heavy atom. The highest BCUT2D eigenvalue weighted by Gasteiger charge is 2.30. The Morgan fingerprint density at radius 2 is 2.19 bits per heavy atom. The Balaban J connectivity index is 1.43. The van der Waals surface area contributed by atoms with Gasteiger partial charge in [0.05, 0.1) is 21.4 Å². The minimum atomic E-state index is 0.241. The monoisotopic (exact) mass is 387 g/mol. The standard InChI is InChI=1S/C20H22ClN3OS/c1-24-9-8-13(10-14(25)12-15-6-7-19(21)26-15)11-18(24)20-22-16-4-2-3-5-17(16)23-20/h2-7,13,18H,8-12H2,1H3,(H,22,23)/t13-,18+/m0/s1. The zero-order valence-corrected chi connectivity index (χ0v) is 16.3. The van der Waals surface area contributed by atoms with E-state index in [1.54, 1.807) is 0 Å². The maximum absolute atomic E-state index is 12.5. The van der Waals surface area contributed by atoms with E-state index in [-0.39, 0.29) is 6.04 Å². The van der Waals surface area contributed by atoms with Crippen molar-refractivity contribution in [2.75, 3.05) is 13.6 Å². The fourth-order valence-electron chi connectivity index (χ4n) is 3.83. The van der Waals surface area contributed by atoms with E-state index in [1.807, 2.05) is 30.3 Å². The van der Waals surface area contributed by atoms with E-state index in [0.29, 0.717) is 24.5 Å². The van der Waals surface area contributed by atoms with Gasteiger partial charge < -0.3 is 4.98 Å². The minimum Gasteiger partial charge on any atom is -0.341 e. The summed E-state index contributed by atoms with van der Waals surface area (Å²) in [5.41, 5.74) is 2.08. The molecule has 1 aliphatic heterocycles. The van der Waals surface area contributed by atoms with E-state index in [4.69, 9.17) is 16.6 Å². The second-order valence-electron chi connectivity index (χ2n) is 7.15. The summed E-state index contributed by atoms with van der Waals surface area (Å²) in [5, 5.41) is 0. The van der Waals surface area contributed by atoms with Crippen LogP contribution in [0, 0.1) is 5.92 Å². The van der Waals surface area contributed by atoms with Crippen LogP contribution in [0.15, 0.2) is 36.4 Å². The number of carbonyl (C=O) groups is 1. The molecule has 4 nitrogen and oxygen atoms in total. The summed E-state index contributed by atoms with van der Waals surface area (Å²) in [4.78, 5) is 24.1. The van der Waals surface area contributed by atoms with Gasteiger partial charge in [-0.3, -0.25) is 9.69 Å². The van der Waals surface area contributed by atoms with Gasteiger partial charge in [0.1, 0.15) is 11.6 Å². The largest absolute Gasteiger partial charge is 0.341 e. The average molecular weight is 388 g/mol. The lowest BCUT2D eigenvalue weighted by molar-refractivity contribution is -0.119. The molecule has 136 valence electrons. The van der Waals surface area contributed by atoms with E-state index in [0.717, 1.165) is 45.5 Å². The molecule has 0 unspecified atom stereocenters. The van der Waals surface area contributed by atoms with Crippen LogP contribution in [0.3, 0.4) is 0 Å². The topological polar surface area (TPSA) is 49.0 Å². The number of ketones is 1. The van der Waals surface area contributed by atoms with Crippen molar-refractivity contribution >= 4 is 39.8 Å². The number of aromatic nitrogens is 2. The number of rotatable bonds is 5. The highest BCUT2D eigenvalue weighted by Crippen LogP contribution is 2.34. The first-order chi connectivity index (χ1) is 12.6. The van der Waals surface area contributed by atoms with E-state index in [2.05, 4.69) is 23.0 Å². The van der Waals surface area contributed by atoms with E-state index < -0.39 is 0 Å². The van der Waals surface area contributed by atoms with Crippen molar-refractivity contribution in [1.29, 1.82) is 0 Å². The fraction of sp³-hybridized carbons (Fsp3) is 0.400. The van der Waals surface area contributed by atoms with Gasteiger partial charge in [-0.15, -0.1) is 11.3 Å². The molecule has 4 rings (SSSR count). The summed E-state index contributed by atoms with van der Waals surface area (Å²) in [6.45, 7) is 0.991. The number of fused-ring (bicyclic) bond motifs is 1. The molecule has 1 N–H and O–H groups in total. The van der Waals surface area contributed by atoms with Gasteiger partial charge in [-0.2, -0.15) is 0 Å². The molecule has 0 radical (unpaired) electrons. The van der Waals surface area contributed by atoms with Crippen LogP contribution in [0.25, 0.3) is 11.0 Å². The normalized spacial score (nSPS) is 21.3. The number of benzene rings is 1. The van der Waals surface area contributed by atoms with Crippen LogP contribution >= 0.6 is 22.9 Å². The number of imidazole rings is 1. The second-order valence-corrected chi connectivity index (χ2v) is 8.95. The number of carbonyl (C=O) groups excluding carboxylic acids is 1. The van der Waals surface area contributed by atoms with Crippen molar-refractivity contribution in [2.24, 2.45) is 5.92 Å². The van der Waals surface area contributed by atoms with Crippen molar-refractivity contribution in [1.82, 2.24) is 14.9 Å². The molecule has 0 amide bonds. The van der Waals surface area contributed by atoms with E-state index >= 15 is 0 Å². The lowest BCUT2D eigenvalue weighted by Gasteiger charge is -2.35. The Hall–Kier alpha value is -1.69. The van der Waals surface area contributed by atoms with Crippen molar-refractivity contribution < 1.29 is 4.79 Å². The van der Waals surface area contributed by atoms with Gasteiger partial charge in [-0.25, -0.2) is 4.98 Å². The molecule has 2 aromatic heterocycles. The van der Waals surface area contributed by atoms with Gasteiger partial charge in [0.25, 0.3) is 0 Å². The highest BCUT2D eigenvalue weighted by molar-refractivity contribution is 7.16. The first kappa shape index (κ1) is 17.7. The van der Waals surface area contributed by atoms with Crippen LogP contribution in [-0.2, 0) is 11.2 Å². The van der Waals surface area contributed by atoms with Gasteiger partial charge in [0.15, 0.2) is 0 Å². The summed E-state index contributed by atoms with van der Waals surface area (Å²) in [6, 6.07) is 12.2. The van der Waals surface area contributed by atoms with Gasteiger partial charge >= 0.3 is 0 Å². The van der Waals surface area contributed by atoms with Crippen molar-refractivity contribution in [3.8, 4) is 0 Å². The number of nitrogens with one attached hydrogen (secondary N) is 1. The summed E-state index contributed by atoms with van der Waals surface area (Å²) in [6.07, 6.45) is 3.16. The van der Waals surface area contributed by atoms with Crippen molar-refractivity contribution in [3.63, 3.8) is 0 Å². The first-order valence-electron chi connectivity index (χ1n) is 8.99. The number of piperidine rings is 1. The Morgan fingerprint density at radius 1 is 1.35 bits per heavy atom. The zero-order chi connectivity index (χ0) is 18.1. The smallest absolute Gasteiger partial charge is 0.138 e. The van der Waals surface area contributed by atoms with Gasteiger partial charge in [-0.05, 0) is 56.6 Å². The van der Waals surface area contributed by atoms with Crippen LogP contribution in [0.1, 0.15) is 36.0 Å². The predicted octanol–water partition coefficient (Wildman–Crippen LogP) is 4.86. The van der Waals surface area contributed by atoms with Crippen LogP contribution in [0.5, 0.6) is 0 Å². The highest BCUT2D eigenvalue weighted by atomic mass is 35.5. The minimum absolute atomic E-state index is 0.241. The number of para-hydroxylation sites is 2. The van der Waals surface area contributed by atoms with Crippen LogP contribution in [-0.4, -0.2) is 34.2 Å². The van der Waals surface area contributed by atoms with Crippen molar-refractivity contribution in [2.45, 2.75) is 31.7 Å². The summed E-state index contributed by atoms with van der Waals surface area (Å²) in [7, 11) is 2.14. The molecule has 1 aliphatic rings. The number of halogens is 1. The maximum Gasteiger partial charge on any atom is 0.138 e. The Bertz CT molecular complexity index is 886. The number of Topliss-reactive ketones (excluding diaryl/α,β-unsaturated/α-hetero) is 1. The number of hydrogen-bond acceptors (Lipinski definition) is 4. The molecule has 2 atom stereocenters. The molecule has 1 fully saturated rings. The molecule has 6 heteroatoms. The van der Waals surface area contributed by atoms with E-state index in [1.165, 1.54) is 11.3 Å². The number of aromatic amines is 1. The van der Waals surface area contributed by atoms with E-state index in [9.17, 15) is 4.79 Å². The van der Waals surface area contributed by atoms with Crippen molar-refractivity contribution in [3.05, 3.63) is 51.4 Å². The van der Waals surface area contributed by atoms with Crippen LogP contribution < -0.4 is 0 Å². The molecule has 1 saturated heterocycles. The third-order valence-corrected chi connectivity index (χ3v) is 6.45. The summed E-state index contributed by atoms with van der Waals surface area (Å²) >= 11 is 7.46. The average Bonchev–Trinajstić information content (AvgIpc) is 3.22. The lowest BCUT2D eigenvalue weighted by Crippen LogP contribution is -2.35. The summed E-state index contributed by atoms with van der Waals surface area (Å²) < 4.78 is 0.747. The third-order valence-electron chi connectivity index (χ3n) is 5.22. The van der Waals surface area contributed by atoms with Crippen LogP contribution in [0.4, 0.5) is 0 Å². The van der Waals surface area contributed by atoms with Gasteiger partial charge in [0.2, 0.25) is 0 Å². The van der Waals surface area contributed by atoms with Gasteiger partial charge in [0, 0.05) is 17.7 Å². The fourth-order valence-corrected chi connectivity index (χ4v) is 4.94. The Kier molecular flexibility index (Phi) is 5.11. The van der Waals surface area contributed by atoms with Gasteiger partial charge in [-0.1, -0.05) is 23.7 Å². The number of H-pyrrole nitrogens is 1. The molecule has 1 aromatic carbocycles. The molecule has 0 saturated carbocycles. The molecule has 0 bridgehead atoms. The molecular formula is C20H22ClN3OS. The zero-order valence-electron chi connectivity index (χ0n) is 14.7. The lowest BCUT2D eigenvalue weighted by atomic mass is 9.86. The quantitative estimate of drug-likeness (QED) is 0.679. The second kappa shape index (κ2) is 7.51. The first-order valence-corrected chi connectivity index (χ1v) is 10.2. The Labute approximate surface area is 162 Å². The molecule has 0 spiro atoms. The molecule has 3 aromatic rings. The molecular weight excluding hydrogens is 366 g/mol. The molecule has 0 aliphatic carbocycles. The molecule has 26 heavy (non-hydrogen) atoms. The molecule has 3 heterocycles. The number of thiophene rings is 1. The summed E-state index contributed by atoms with van der Waals surface area (Å²) in [5.74, 6) is 1.73. The third kappa shape index (κ3) is 3.85. The predicted molar refractivity (Wildman–Crippen MR) is 107 cm³/mol. The van der Waals surface area contributed by atoms with Crippen LogP contribution in [0.2, 0.25) is 4.34 Å².